The Kier molecular flexibility index (Phi) is 5.42. The fraction of sp³-hybridized carbons (Fsp3) is 0.364. The van der Waals surface area contributed by atoms with Crippen molar-refractivity contribution in [3.63, 3.8) is 0 Å². The molecule has 3 aromatic rings. The Labute approximate surface area is 168 Å². The lowest BCUT2D eigenvalue weighted by atomic mass is 10.1. The van der Waals surface area contributed by atoms with Gasteiger partial charge in [0.15, 0.2) is 0 Å². The van der Waals surface area contributed by atoms with E-state index in [0.717, 1.165) is 42.9 Å². The molecule has 28 heavy (non-hydrogen) atoms. The van der Waals surface area contributed by atoms with Crippen molar-refractivity contribution in [3.8, 4) is 0 Å². The predicted octanol–water partition coefficient (Wildman–Crippen LogP) is 4.34. The van der Waals surface area contributed by atoms with E-state index >= 15 is 0 Å². The van der Waals surface area contributed by atoms with E-state index in [9.17, 15) is 9.18 Å². The van der Waals surface area contributed by atoms with E-state index in [4.69, 9.17) is 0 Å². The van der Waals surface area contributed by atoms with Crippen molar-refractivity contribution in [1.29, 1.82) is 0 Å². The number of benzene rings is 1. The molecule has 1 aliphatic heterocycles. The average molecular weight is 398 g/mol. The van der Waals surface area contributed by atoms with E-state index < -0.39 is 0 Å². The molecule has 4 rings (SSSR count). The Morgan fingerprint density at radius 3 is 2.96 bits per heavy atom. The number of nitrogens with zero attached hydrogens (tertiary/aromatic N) is 3. The number of aryl methyl sites for hydroxylation is 1. The molecule has 0 bridgehead atoms. The molecular formula is C22H24FN3OS. The van der Waals surface area contributed by atoms with Crippen LogP contribution in [0.25, 0.3) is 10.1 Å². The zero-order valence-corrected chi connectivity index (χ0v) is 17.0. The smallest absolute Gasteiger partial charge is 0.264 e. The second-order valence-electron chi connectivity index (χ2n) is 7.63. The van der Waals surface area contributed by atoms with Crippen molar-refractivity contribution in [2.75, 3.05) is 26.7 Å². The van der Waals surface area contributed by atoms with E-state index in [0.29, 0.717) is 16.2 Å². The van der Waals surface area contributed by atoms with E-state index in [1.807, 2.05) is 30.2 Å². The van der Waals surface area contributed by atoms with Gasteiger partial charge in [0.25, 0.3) is 5.91 Å². The maximum atomic E-state index is 14.2. The summed E-state index contributed by atoms with van der Waals surface area (Å²) >= 11 is 1.40. The zero-order chi connectivity index (χ0) is 19.7. The highest BCUT2D eigenvalue weighted by molar-refractivity contribution is 7.21. The number of pyridine rings is 1. The monoisotopic (exact) mass is 397 g/mol. The summed E-state index contributed by atoms with van der Waals surface area (Å²) in [5.41, 5.74) is 1.96. The van der Waals surface area contributed by atoms with Gasteiger partial charge in [-0.05, 0) is 55.6 Å². The third-order valence-corrected chi connectivity index (χ3v) is 6.66. The van der Waals surface area contributed by atoms with Crippen LogP contribution < -0.4 is 0 Å². The van der Waals surface area contributed by atoms with Gasteiger partial charge in [-0.15, -0.1) is 11.3 Å². The third kappa shape index (κ3) is 3.80. The SMILES string of the molecule is Cc1c(C(=O)N2CCC(CN(C)Cc3cccnc3)C2)sc2cccc(F)c12. The quantitative estimate of drug-likeness (QED) is 0.643. The van der Waals surface area contributed by atoms with Crippen LogP contribution in [0.3, 0.4) is 0 Å². The lowest BCUT2D eigenvalue weighted by Gasteiger charge is -2.21. The Bertz CT molecular complexity index is 988. The van der Waals surface area contributed by atoms with Crippen LogP contribution in [0.4, 0.5) is 4.39 Å². The summed E-state index contributed by atoms with van der Waals surface area (Å²) in [4.78, 5) is 22.1. The van der Waals surface area contributed by atoms with Crippen LogP contribution in [0.2, 0.25) is 0 Å². The van der Waals surface area contributed by atoms with Crippen LogP contribution in [-0.4, -0.2) is 47.4 Å². The summed E-state index contributed by atoms with van der Waals surface area (Å²) in [7, 11) is 2.11. The number of amides is 1. The van der Waals surface area contributed by atoms with E-state index in [-0.39, 0.29) is 11.7 Å². The summed E-state index contributed by atoms with van der Waals surface area (Å²) in [6.45, 7) is 5.17. The average Bonchev–Trinajstić information content (AvgIpc) is 3.27. The zero-order valence-electron chi connectivity index (χ0n) is 16.2. The first kappa shape index (κ1) is 19.0. The van der Waals surface area contributed by atoms with Gasteiger partial charge in [-0.1, -0.05) is 12.1 Å². The van der Waals surface area contributed by atoms with Gasteiger partial charge in [-0.3, -0.25) is 9.78 Å². The Morgan fingerprint density at radius 1 is 1.36 bits per heavy atom. The van der Waals surface area contributed by atoms with Crippen molar-refractivity contribution in [3.05, 3.63) is 64.5 Å². The molecule has 4 nitrogen and oxygen atoms in total. The summed E-state index contributed by atoms with van der Waals surface area (Å²) in [5.74, 6) is 0.245. The Morgan fingerprint density at radius 2 is 2.21 bits per heavy atom. The molecule has 1 atom stereocenters. The largest absolute Gasteiger partial charge is 0.338 e. The van der Waals surface area contributed by atoms with Gasteiger partial charge in [0.1, 0.15) is 5.82 Å². The number of hydrogen-bond acceptors (Lipinski definition) is 4. The van der Waals surface area contributed by atoms with Crippen molar-refractivity contribution in [2.45, 2.75) is 19.9 Å². The van der Waals surface area contributed by atoms with Crippen molar-refractivity contribution in [1.82, 2.24) is 14.8 Å². The lowest BCUT2D eigenvalue weighted by Crippen LogP contribution is -2.31. The van der Waals surface area contributed by atoms with Gasteiger partial charge in [-0.2, -0.15) is 0 Å². The molecular weight excluding hydrogens is 373 g/mol. The van der Waals surface area contributed by atoms with Crippen LogP contribution in [0, 0.1) is 18.7 Å². The molecule has 0 radical (unpaired) electrons. The van der Waals surface area contributed by atoms with Crippen molar-refractivity contribution in [2.24, 2.45) is 5.92 Å². The number of rotatable bonds is 5. The van der Waals surface area contributed by atoms with Crippen LogP contribution in [0.5, 0.6) is 0 Å². The van der Waals surface area contributed by atoms with E-state index in [1.54, 1.807) is 12.3 Å². The number of carbonyl (C=O) groups excluding carboxylic acids is 1. The number of thiophene rings is 1. The standard InChI is InChI=1S/C22H24FN3OS/c1-15-20-18(23)6-3-7-19(20)28-21(15)22(27)26-10-8-17(14-26)13-25(2)12-16-5-4-9-24-11-16/h3-7,9,11,17H,8,10,12-14H2,1-2H3. The third-order valence-electron chi connectivity index (χ3n) is 5.42. The highest BCUT2D eigenvalue weighted by atomic mass is 32.1. The summed E-state index contributed by atoms with van der Waals surface area (Å²) < 4.78 is 15.0. The molecule has 0 saturated carbocycles. The molecule has 1 saturated heterocycles. The highest BCUT2D eigenvalue weighted by Crippen LogP contribution is 2.34. The normalized spacial score (nSPS) is 17.0. The number of carbonyl (C=O) groups is 1. The van der Waals surface area contributed by atoms with Crippen molar-refractivity contribution < 1.29 is 9.18 Å². The minimum absolute atomic E-state index is 0.0375. The molecule has 1 amide bonds. The first-order valence-electron chi connectivity index (χ1n) is 9.57. The van der Waals surface area contributed by atoms with Gasteiger partial charge in [0, 0.05) is 48.7 Å². The molecule has 1 aliphatic rings. The molecule has 0 N–H and O–H groups in total. The summed E-state index contributed by atoms with van der Waals surface area (Å²) in [6, 6.07) is 9.08. The van der Waals surface area contributed by atoms with Gasteiger partial charge in [0.2, 0.25) is 0 Å². The van der Waals surface area contributed by atoms with Gasteiger partial charge < -0.3 is 9.80 Å². The molecule has 2 aromatic heterocycles. The summed E-state index contributed by atoms with van der Waals surface area (Å²) in [6.07, 6.45) is 4.68. The van der Waals surface area contributed by atoms with Crippen molar-refractivity contribution >= 4 is 27.3 Å². The number of halogens is 1. The topological polar surface area (TPSA) is 36.4 Å². The molecule has 1 unspecified atom stereocenters. The predicted molar refractivity (Wildman–Crippen MR) is 111 cm³/mol. The van der Waals surface area contributed by atoms with Gasteiger partial charge in [-0.25, -0.2) is 4.39 Å². The van der Waals surface area contributed by atoms with Crippen LogP contribution in [-0.2, 0) is 6.54 Å². The van der Waals surface area contributed by atoms with E-state index in [1.165, 1.54) is 23.0 Å². The number of likely N-dealkylation sites (tertiary alicyclic amines) is 1. The minimum Gasteiger partial charge on any atom is -0.338 e. The minimum atomic E-state index is -0.248. The Balaban J connectivity index is 1.41. The van der Waals surface area contributed by atoms with Crippen LogP contribution >= 0.6 is 11.3 Å². The van der Waals surface area contributed by atoms with E-state index in [2.05, 4.69) is 23.0 Å². The maximum Gasteiger partial charge on any atom is 0.264 e. The fourth-order valence-corrected chi connectivity index (χ4v) is 5.27. The second-order valence-corrected chi connectivity index (χ2v) is 8.69. The molecule has 1 aromatic carbocycles. The Hall–Kier alpha value is -2.31. The molecule has 0 aliphatic carbocycles. The first-order chi connectivity index (χ1) is 13.5. The number of aromatic nitrogens is 1. The van der Waals surface area contributed by atoms with Gasteiger partial charge >= 0.3 is 0 Å². The molecule has 0 spiro atoms. The molecule has 1 fully saturated rings. The number of fused-ring (bicyclic) bond motifs is 1. The second kappa shape index (κ2) is 7.97. The van der Waals surface area contributed by atoms with Crippen LogP contribution in [0.1, 0.15) is 27.2 Å². The van der Waals surface area contributed by atoms with Crippen LogP contribution in [0.15, 0.2) is 42.7 Å². The summed E-state index contributed by atoms with van der Waals surface area (Å²) in [5, 5.41) is 0.586. The lowest BCUT2D eigenvalue weighted by molar-refractivity contribution is 0.0788. The number of hydrogen-bond donors (Lipinski definition) is 0. The fourth-order valence-electron chi connectivity index (χ4n) is 4.08. The maximum absolute atomic E-state index is 14.2. The first-order valence-corrected chi connectivity index (χ1v) is 10.4. The molecule has 6 heteroatoms. The molecule has 3 heterocycles. The van der Waals surface area contributed by atoms with Gasteiger partial charge in [0.05, 0.1) is 4.88 Å². The highest BCUT2D eigenvalue weighted by Gasteiger charge is 2.30. The molecule has 146 valence electrons.